The summed E-state index contributed by atoms with van der Waals surface area (Å²) in [6.45, 7) is 1.52. The summed E-state index contributed by atoms with van der Waals surface area (Å²) < 4.78 is 7.67. The molecule has 0 spiro atoms. The first-order valence-electron chi connectivity index (χ1n) is 5.96. The molecule has 3 nitrogen and oxygen atoms in total. The Bertz CT molecular complexity index is 776. The molecule has 1 amide bonds. The zero-order valence-electron chi connectivity index (χ0n) is 10.7. The predicted molar refractivity (Wildman–Crippen MR) is 80.2 cm³/mol. The molecule has 0 radical (unpaired) electrons. The van der Waals surface area contributed by atoms with Gasteiger partial charge in [-0.25, -0.2) is 0 Å². The minimum absolute atomic E-state index is 0.0584. The van der Waals surface area contributed by atoms with Crippen molar-refractivity contribution in [3.8, 4) is 5.75 Å². The molecular formula is C15H13NO2S. The van der Waals surface area contributed by atoms with Crippen LogP contribution in [-0.4, -0.2) is 13.0 Å². The molecule has 3 rings (SSSR count). The summed E-state index contributed by atoms with van der Waals surface area (Å²) in [6, 6.07) is 11.9. The van der Waals surface area contributed by atoms with Gasteiger partial charge in [0.15, 0.2) is 0 Å². The minimum atomic E-state index is -0.0584. The number of benzene rings is 2. The van der Waals surface area contributed by atoms with E-state index < -0.39 is 0 Å². The minimum Gasteiger partial charge on any atom is -0.496 e. The lowest BCUT2D eigenvalue weighted by Gasteiger charge is -2.04. The number of nitrogens with one attached hydrogen (secondary N) is 1. The smallest absolute Gasteiger partial charge is 0.221 e. The molecule has 4 heteroatoms. The summed E-state index contributed by atoms with van der Waals surface area (Å²) in [7, 11) is 1.68. The van der Waals surface area contributed by atoms with Crippen molar-refractivity contribution in [1.82, 2.24) is 0 Å². The van der Waals surface area contributed by atoms with Crippen LogP contribution in [0, 0.1) is 0 Å². The lowest BCUT2D eigenvalue weighted by Crippen LogP contribution is -2.05. The van der Waals surface area contributed by atoms with Gasteiger partial charge in [-0.3, -0.25) is 4.79 Å². The maximum absolute atomic E-state index is 11.3. The van der Waals surface area contributed by atoms with Crippen LogP contribution in [-0.2, 0) is 4.79 Å². The number of thiophene rings is 1. The van der Waals surface area contributed by atoms with Crippen LogP contribution >= 0.6 is 11.3 Å². The van der Waals surface area contributed by atoms with Crippen LogP contribution in [0.3, 0.4) is 0 Å². The first-order valence-corrected chi connectivity index (χ1v) is 6.78. The average molecular weight is 271 g/mol. The van der Waals surface area contributed by atoms with E-state index in [9.17, 15) is 4.79 Å². The van der Waals surface area contributed by atoms with Gasteiger partial charge in [0.25, 0.3) is 0 Å². The van der Waals surface area contributed by atoms with Crippen LogP contribution < -0.4 is 10.1 Å². The molecule has 3 aromatic rings. The summed E-state index contributed by atoms with van der Waals surface area (Å²) in [5, 5.41) is 5.10. The molecule has 19 heavy (non-hydrogen) atoms. The second-order valence-electron chi connectivity index (χ2n) is 4.30. The van der Waals surface area contributed by atoms with Gasteiger partial charge in [0.1, 0.15) is 5.75 Å². The third kappa shape index (κ3) is 1.94. The highest BCUT2D eigenvalue weighted by Crippen LogP contribution is 2.42. The largest absolute Gasteiger partial charge is 0.496 e. The fourth-order valence-corrected chi connectivity index (χ4v) is 3.46. The number of ether oxygens (including phenoxy) is 1. The molecule has 1 aromatic heterocycles. The molecule has 2 aromatic carbocycles. The quantitative estimate of drug-likeness (QED) is 0.764. The molecule has 0 bridgehead atoms. The monoisotopic (exact) mass is 271 g/mol. The van der Waals surface area contributed by atoms with Crippen molar-refractivity contribution in [1.29, 1.82) is 0 Å². The Hall–Kier alpha value is -2.07. The van der Waals surface area contributed by atoms with Crippen molar-refractivity contribution in [2.75, 3.05) is 12.4 Å². The van der Waals surface area contributed by atoms with Crippen LogP contribution in [0.2, 0.25) is 0 Å². The van der Waals surface area contributed by atoms with Gasteiger partial charge < -0.3 is 10.1 Å². The first kappa shape index (κ1) is 12.0. The van der Waals surface area contributed by atoms with Gasteiger partial charge in [-0.1, -0.05) is 18.2 Å². The van der Waals surface area contributed by atoms with E-state index in [1.807, 2.05) is 24.3 Å². The maximum atomic E-state index is 11.3. The summed E-state index contributed by atoms with van der Waals surface area (Å²) >= 11 is 1.67. The highest BCUT2D eigenvalue weighted by Gasteiger charge is 2.12. The topological polar surface area (TPSA) is 38.3 Å². The molecular weight excluding hydrogens is 258 g/mol. The number of carbonyl (C=O) groups is 1. The van der Waals surface area contributed by atoms with Crippen LogP contribution in [0.1, 0.15) is 6.92 Å². The van der Waals surface area contributed by atoms with E-state index in [2.05, 4.69) is 17.4 Å². The highest BCUT2D eigenvalue weighted by molar-refractivity contribution is 7.26. The number of hydrogen-bond donors (Lipinski definition) is 1. The van der Waals surface area contributed by atoms with Crippen molar-refractivity contribution >= 4 is 43.1 Å². The van der Waals surface area contributed by atoms with Crippen molar-refractivity contribution < 1.29 is 9.53 Å². The van der Waals surface area contributed by atoms with E-state index in [1.54, 1.807) is 18.4 Å². The van der Waals surface area contributed by atoms with E-state index >= 15 is 0 Å². The number of fused-ring (bicyclic) bond motifs is 3. The molecule has 96 valence electrons. The van der Waals surface area contributed by atoms with Crippen molar-refractivity contribution in [3.05, 3.63) is 36.4 Å². The van der Waals surface area contributed by atoms with Gasteiger partial charge in [-0.15, -0.1) is 11.3 Å². The predicted octanol–water partition coefficient (Wildman–Crippen LogP) is 4.02. The molecule has 0 unspecified atom stereocenters. The second kappa shape index (κ2) is 4.55. The molecule has 1 heterocycles. The third-order valence-corrected chi connectivity index (χ3v) is 4.22. The number of amides is 1. The second-order valence-corrected chi connectivity index (χ2v) is 5.35. The zero-order chi connectivity index (χ0) is 13.4. The first-order chi connectivity index (χ1) is 9.20. The molecule has 0 fully saturated rings. The van der Waals surface area contributed by atoms with E-state index in [0.717, 1.165) is 31.6 Å². The van der Waals surface area contributed by atoms with Crippen molar-refractivity contribution in [2.24, 2.45) is 0 Å². The highest BCUT2D eigenvalue weighted by atomic mass is 32.1. The third-order valence-electron chi connectivity index (χ3n) is 3.02. The van der Waals surface area contributed by atoms with E-state index in [-0.39, 0.29) is 5.91 Å². The van der Waals surface area contributed by atoms with Crippen LogP contribution in [0.15, 0.2) is 36.4 Å². The average Bonchev–Trinajstić information content (AvgIpc) is 2.78. The van der Waals surface area contributed by atoms with Gasteiger partial charge in [-0.2, -0.15) is 0 Å². The summed E-state index contributed by atoms with van der Waals surface area (Å²) in [5.74, 6) is 0.806. The molecule has 0 saturated heterocycles. The molecule has 0 aliphatic rings. The number of rotatable bonds is 2. The van der Waals surface area contributed by atoms with Crippen molar-refractivity contribution in [2.45, 2.75) is 6.92 Å². The Morgan fingerprint density at radius 3 is 2.74 bits per heavy atom. The summed E-state index contributed by atoms with van der Waals surface area (Å²) in [6.07, 6.45) is 0. The number of hydrogen-bond acceptors (Lipinski definition) is 3. The number of anilines is 1. The van der Waals surface area contributed by atoms with Gasteiger partial charge >= 0.3 is 0 Å². The lowest BCUT2D eigenvalue weighted by molar-refractivity contribution is -0.114. The summed E-state index contributed by atoms with van der Waals surface area (Å²) in [5.41, 5.74) is 0.855. The Morgan fingerprint density at radius 1 is 1.21 bits per heavy atom. The fraction of sp³-hybridized carbons (Fsp3) is 0.133. The van der Waals surface area contributed by atoms with E-state index in [0.29, 0.717) is 0 Å². The Kier molecular flexibility index (Phi) is 2.87. The Morgan fingerprint density at radius 2 is 2.00 bits per heavy atom. The lowest BCUT2D eigenvalue weighted by atomic mass is 10.1. The fourth-order valence-electron chi connectivity index (χ4n) is 2.27. The van der Waals surface area contributed by atoms with Crippen LogP contribution in [0.5, 0.6) is 5.75 Å². The molecule has 1 N–H and O–H groups in total. The summed E-state index contributed by atoms with van der Waals surface area (Å²) in [4.78, 5) is 11.3. The number of carbonyl (C=O) groups excluding carboxylic acids is 1. The van der Waals surface area contributed by atoms with E-state index in [1.165, 1.54) is 6.92 Å². The molecule has 0 aliphatic carbocycles. The zero-order valence-corrected chi connectivity index (χ0v) is 11.5. The standard InChI is InChI=1S/C15H13NO2S/c1-9(17)16-11-6-3-5-10-14-12(18-2)7-4-8-13(14)19-15(10)11/h3-8H,1-2H3,(H,16,17). The van der Waals surface area contributed by atoms with Crippen LogP contribution in [0.25, 0.3) is 20.2 Å². The maximum Gasteiger partial charge on any atom is 0.221 e. The molecule has 0 atom stereocenters. The van der Waals surface area contributed by atoms with Gasteiger partial charge in [0, 0.05) is 22.4 Å². The van der Waals surface area contributed by atoms with Gasteiger partial charge in [-0.05, 0) is 18.2 Å². The Labute approximate surface area is 114 Å². The number of methoxy groups -OCH3 is 1. The van der Waals surface area contributed by atoms with Gasteiger partial charge in [0.2, 0.25) is 5.91 Å². The van der Waals surface area contributed by atoms with Gasteiger partial charge in [0.05, 0.1) is 17.5 Å². The Balaban J connectivity index is 2.37. The molecule has 0 aliphatic heterocycles. The van der Waals surface area contributed by atoms with Crippen molar-refractivity contribution in [3.63, 3.8) is 0 Å². The SMILES string of the molecule is COc1cccc2sc3c(NC(C)=O)cccc3c12. The van der Waals surface area contributed by atoms with Crippen LogP contribution in [0.4, 0.5) is 5.69 Å². The van der Waals surface area contributed by atoms with E-state index in [4.69, 9.17) is 4.74 Å². The molecule has 0 saturated carbocycles. The normalized spacial score (nSPS) is 10.8.